The Morgan fingerprint density at radius 3 is 2.18 bits per heavy atom. The number of para-hydroxylation sites is 2. The minimum absolute atomic E-state index is 0.138. The van der Waals surface area contributed by atoms with Crippen LogP contribution in [0.1, 0.15) is 35.2 Å². The molecule has 0 radical (unpaired) electrons. The van der Waals surface area contributed by atoms with E-state index >= 15 is 0 Å². The smallest absolute Gasteiger partial charge is 0.343 e. The van der Waals surface area contributed by atoms with Gasteiger partial charge in [-0.25, -0.2) is 9.69 Å². The largest absolute Gasteiger partial charge is 0.421 e. The first-order valence-corrected chi connectivity index (χ1v) is 9.80. The highest BCUT2D eigenvalue weighted by Gasteiger charge is 2.61. The SMILES string of the molecule is Cc1ccc(C(=O)Oc2ccccc2N2C(=O)[C@H]3[C@H]4CC[C@@H](C4)[C@@H]3C2=O)cc1. The standard InChI is InChI=1S/C23H21NO4/c1-13-6-8-14(9-7-13)23(27)28-18-5-3-2-4-17(18)24-21(25)19-15-10-11-16(12-15)20(19)22(24)26/h2-9,15-16,19-20H,10-12H2,1H3/t15-,16-,19-,20-/m0/s1. The van der Waals surface area contributed by atoms with E-state index in [0.29, 0.717) is 23.1 Å². The van der Waals surface area contributed by atoms with Crippen LogP contribution in [0.25, 0.3) is 0 Å². The van der Waals surface area contributed by atoms with Crippen molar-refractivity contribution < 1.29 is 19.1 Å². The number of anilines is 1. The Morgan fingerprint density at radius 1 is 0.929 bits per heavy atom. The van der Waals surface area contributed by atoms with Crippen LogP contribution >= 0.6 is 0 Å². The number of aryl methyl sites for hydroxylation is 1. The quantitative estimate of drug-likeness (QED) is 0.466. The molecule has 1 saturated heterocycles. The normalized spacial score (nSPS) is 28.0. The van der Waals surface area contributed by atoms with Gasteiger partial charge in [-0.1, -0.05) is 29.8 Å². The zero-order chi connectivity index (χ0) is 19.4. The molecule has 2 bridgehead atoms. The number of rotatable bonds is 3. The lowest BCUT2D eigenvalue weighted by atomic mass is 9.81. The summed E-state index contributed by atoms with van der Waals surface area (Å²) in [6, 6.07) is 13.9. The molecule has 5 rings (SSSR count). The number of ether oxygens (including phenoxy) is 1. The highest BCUT2D eigenvalue weighted by Crippen LogP contribution is 2.57. The maximum Gasteiger partial charge on any atom is 0.343 e. The van der Waals surface area contributed by atoms with Crippen LogP contribution in [-0.2, 0) is 9.59 Å². The molecule has 2 saturated carbocycles. The Morgan fingerprint density at radius 2 is 1.54 bits per heavy atom. The maximum atomic E-state index is 13.1. The van der Waals surface area contributed by atoms with E-state index in [1.54, 1.807) is 36.4 Å². The minimum atomic E-state index is -0.508. The average Bonchev–Trinajstić information content (AvgIpc) is 3.37. The van der Waals surface area contributed by atoms with Crippen molar-refractivity contribution in [2.24, 2.45) is 23.7 Å². The fourth-order valence-electron chi connectivity index (χ4n) is 5.22. The lowest BCUT2D eigenvalue weighted by Crippen LogP contribution is -2.33. The summed E-state index contributed by atoms with van der Waals surface area (Å²) in [7, 11) is 0. The molecule has 2 aromatic carbocycles. The number of carbonyl (C=O) groups excluding carboxylic acids is 3. The number of imide groups is 1. The van der Waals surface area contributed by atoms with Crippen LogP contribution in [-0.4, -0.2) is 17.8 Å². The van der Waals surface area contributed by atoms with Gasteiger partial charge in [-0.3, -0.25) is 9.59 Å². The van der Waals surface area contributed by atoms with Gasteiger partial charge in [-0.05, 0) is 62.3 Å². The van der Waals surface area contributed by atoms with Crippen molar-refractivity contribution in [3.8, 4) is 5.75 Å². The lowest BCUT2D eigenvalue weighted by molar-refractivity contribution is -0.123. The highest BCUT2D eigenvalue weighted by atomic mass is 16.5. The van der Waals surface area contributed by atoms with E-state index in [1.807, 2.05) is 19.1 Å². The van der Waals surface area contributed by atoms with Gasteiger partial charge in [0.1, 0.15) is 0 Å². The third-order valence-electron chi connectivity index (χ3n) is 6.52. The number of amides is 2. The molecular weight excluding hydrogens is 354 g/mol. The summed E-state index contributed by atoms with van der Waals surface area (Å²) < 4.78 is 5.59. The van der Waals surface area contributed by atoms with Crippen LogP contribution in [0.4, 0.5) is 5.69 Å². The predicted molar refractivity (Wildman–Crippen MR) is 103 cm³/mol. The summed E-state index contributed by atoms with van der Waals surface area (Å²) in [5.41, 5.74) is 1.84. The highest BCUT2D eigenvalue weighted by molar-refractivity contribution is 6.23. The summed E-state index contributed by atoms with van der Waals surface area (Å²) >= 11 is 0. The van der Waals surface area contributed by atoms with Crippen molar-refractivity contribution >= 4 is 23.5 Å². The maximum absolute atomic E-state index is 13.1. The molecule has 2 aromatic rings. The van der Waals surface area contributed by atoms with Crippen molar-refractivity contribution in [3.05, 3.63) is 59.7 Å². The number of carbonyl (C=O) groups is 3. The van der Waals surface area contributed by atoms with Crippen LogP contribution in [0.2, 0.25) is 0 Å². The summed E-state index contributed by atoms with van der Waals surface area (Å²) in [6.45, 7) is 1.94. The second-order valence-electron chi connectivity index (χ2n) is 8.12. The molecule has 0 unspecified atom stereocenters. The molecule has 1 heterocycles. The van der Waals surface area contributed by atoms with E-state index in [4.69, 9.17) is 4.74 Å². The number of benzene rings is 2. The van der Waals surface area contributed by atoms with E-state index in [9.17, 15) is 14.4 Å². The van der Waals surface area contributed by atoms with Gasteiger partial charge in [0.25, 0.3) is 0 Å². The van der Waals surface area contributed by atoms with Crippen LogP contribution in [0, 0.1) is 30.6 Å². The van der Waals surface area contributed by atoms with Gasteiger partial charge in [0.05, 0.1) is 23.1 Å². The van der Waals surface area contributed by atoms with E-state index in [-0.39, 0.29) is 29.4 Å². The third-order valence-corrected chi connectivity index (χ3v) is 6.52. The summed E-state index contributed by atoms with van der Waals surface area (Å²) in [4.78, 5) is 40.0. The first kappa shape index (κ1) is 17.2. The van der Waals surface area contributed by atoms with Crippen molar-refractivity contribution in [1.29, 1.82) is 0 Å². The third kappa shape index (κ3) is 2.49. The van der Waals surface area contributed by atoms with Gasteiger partial charge in [0, 0.05) is 0 Å². The van der Waals surface area contributed by atoms with Crippen molar-refractivity contribution in [2.75, 3.05) is 4.90 Å². The van der Waals surface area contributed by atoms with Crippen LogP contribution in [0.15, 0.2) is 48.5 Å². The van der Waals surface area contributed by atoms with Gasteiger partial charge in [0.15, 0.2) is 5.75 Å². The molecule has 3 aliphatic rings. The molecule has 4 atom stereocenters. The van der Waals surface area contributed by atoms with Crippen LogP contribution in [0.5, 0.6) is 5.75 Å². The Bertz CT molecular complexity index is 952. The zero-order valence-electron chi connectivity index (χ0n) is 15.6. The average molecular weight is 375 g/mol. The molecule has 28 heavy (non-hydrogen) atoms. The molecule has 2 amide bonds. The van der Waals surface area contributed by atoms with E-state index in [1.165, 1.54) is 4.90 Å². The number of hydrogen-bond donors (Lipinski definition) is 0. The molecule has 0 aromatic heterocycles. The number of nitrogens with zero attached hydrogens (tertiary/aromatic N) is 1. The predicted octanol–water partition coefficient (Wildman–Crippen LogP) is 3.75. The second-order valence-corrected chi connectivity index (χ2v) is 8.12. The Kier molecular flexibility index (Phi) is 3.86. The van der Waals surface area contributed by atoms with Gasteiger partial charge in [-0.2, -0.15) is 0 Å². The molecule has 3 fully saturated rings. The van der Waals surface area contributed by atoms with Gasteiger partial charge in [0.2, 0.25) is 11.8 Å². The number of esters is 1. The summed E-state index contributed by atoms with van der Waals surface area (Å²) in [5, 5.41) is 0. The first-order valence-electron chi connectivity index (χ1n) is 9.80. The van der Waals surface area contributed by atoms with Crippen molar-refractivity contribution in [1.82, 2.24) is 0 Å². The second kappa shape index (κ2) is 6.30. The molecule has 1 aliphatic heterocycles. The zero-order valence-corrected chi connectivity index (χ0v) is 15.6. The van der Waals surface area contributed by atoms with E-state index < -0.39 is 5.97 Å². The summed E-state index contributed by atoms with van der Waals surface area (Å²) in [5.74, 6) is -0.312. The van der Waals surface area contributed by atoms with Crippen molar-refractivity contribution in [3.63, 3.8) is 0 Å². The molecule has 5 heteroatoms. The Hall–Kier alpha value is -2.95. The topological polar surface area (TPSA) is 63.7 Å². The number of fused-ring (bicyclic) bond motifs is 5. The first-order chi connectivity index (χ1) is 13.5. The van der Waals surface area contributed by atoms with Crippen LogP contribution < -0.4 is 9.64 Å². The fraction of sp³-hybridized carbons (Fsp3) is 0.348. The lowest BCUT2D eigenvalue weighted by Gasteiger charge is -2.20. The van der Waals surface area contributed by atoms with Gasteiger partial charge in [-0.15, -0.1) is 0 Å². The monoisotopic (exact) mass is 375 g/mol. The number of hydrogen-bond acceptors (Lipinski definition) is 4. The molecule has 0 N–H and O–H groups in total. The summed E-state index contributed by atoms with van der Waals surface area (Å²) in [6.07, 6.45) is 3.05. The van der Waals surface area contributed by atoms with Gasteiger partial charge < -0.3 is 4.74 Å². The molecule has 142 valence electrons. The molecule has 5 nitrogen and oxygen atoms in total. The minimum Gasteiger partial charge on any atom is -0.421 e. The fourth-order valence-corrected chi connectivity index (χ4v) is 5.22. The molecular formula is C23H21NO4. The molecule has 0 spiro atoms. The van der Waals surface area contributed by atoms with Crippen molar-refractivity contribution in [2.45, 2.75) is 26.2 Å². The Balaban J connectivity index is 1.46. The van der Waals surface area contributed by atoms with Crippen LogP contribution in [0.3, 0.4) is 0 Å². The Labute approximate surface area is 163 Å². The van der Waals surface area contributed by atoms with Gasteiger partial charge >= 0.3 is 5.97 Å². The van der Waals surface area contributed by atoms with E-state index in [0.717, 1.165) is 24.8 Å². The van der Waals surface area contributed by atoms with E-state index in [2.05, 4.69) is 0 Å². The molecule has 2 aliphatic carbocycles.